The maximum atomic E-state index is 10.3. The molecule has 0 amide bonds. The first-order valence-electron chi connectivity index (χ1n) is 8.10. The van der Waals surface area contributed by atoms with Crippen molar-refractivity contribution in [1.82, 2.24) is 0 Å². The monoisotopic (exact) mass is 304 g/mol. The SMILES string of the molecule is CCCCCCCCCC(O)C1CSC(C)C(C)S1. The smallest absolute Gasteiger partial charge is 0.0666 e. The first kappa shape index (κ1) is 17.7. The van der Waals surface area contributed by atoms with Crippen molar-refractivity contribution in [3.8, 4) is 0 Å². The molecule has 3 heteroatoms. The van der Waals surface area contributed by atoms with Gasteiger partial charge in [-0.3, -0.25) is 0 Å². The van der Waals surface area contributed by atoms with E-state index >= 15 is 0 Å². The first-order valence-corrected chi connectivity index (χ1v) is 10.1. The second-order valence-corrected chi connectivity index (χ2v) is 8.93. The predicted octanol–water partition coefficient (Wildman–Crippen LogP) is 5.11. The van der Waals surface area contributed by atoms with Crippen LogP contribution in [0.1, 0.15) is 72.1 Å². The Morgan fingerprint density at radius 2 is 1.63 bits per heavy atom. The zero-order valence-electron chi connectivity index (χ0n) is 12.9. The zero-order chi connectivity index (χ0) is 14.1. The van der Waals surface area contributed by atoms with Crippen molar-refractivity contribution in [3.05, 3.63) is 0 Å². The van der Waals surface area contributed by atoms with Crippen LogP contribution in [0.3, 0.4) is 0 Å². The van der Waals surface area contributed by atoms with E-state index in [1.165, 1.54) is 44.9 Å². The second kappa shape index (κ2) is 10.4. The molecular formula is C16H32OS2. The molecule has 0 radical (unpaired) electrons. The molecule has 0 spiro atoms. The number of thioether (sulfide) groups is 2. The average Bonchev–Trinajstić information content (AvgIpc) is 2.40. The van der Waals surface area contributed by atoms with Gasteiger partial charge in [0.2, 0.25) is 0 Å². The lowest BCUT2D eigenvalue weighted by Crippen LogP contribution is -2.34. The molecule has 1 saturated heterocycles. The van der Waals surface area contributed by atoms with Crippen molar-refractivity contribution in [1.29, 1.82) is 0 Å². The predicted molar refractivity (Wildman–Crippen MR) is 91.4 cm³/mol. The number of aliphatic hydroxyl groups is 1. The molecule has 0 aliphatic carbocycles. The van der Waals surface area contributed by atoms with Gasteiger partial charge in [-0.15, -0.1) is 0 Å². The normalized spacial score (nSPS) is 29.4. The highest BCUT2D eigenvalue weighted by Gasteiger charge is 2.29. The van der Waals surface area contributed by atoms with Crippen molar-refractivity contribution >= 4 is 23.5 Å². The van der Waals surface area contributed by atoms with Crippen LogP contribution in [0, 0.1) is 0 Å². The fourth-order valence-corrected chi connectivity index (χ4v) is 5.56. The topological polar surface area (TPSA) is 20.2 Å². The van der Waals surface area contributed by atoms with Gasteiger partial charge in [-0.2, -0.15) is 23.5 Å². The third kappa shape index (κ3) is 7.29. The summed E-state index contributed by atoms with van der Waals surface area (Å²) >= 11 is 4.04. The summed E-state index contributed by atoms with van der Waals surface area (Å²) < 4.78 is 0. The van der Waals surface area contributed by atoms with Crippen LogP contribution in [0.15, 0.2) is 0 Å². The van der Waals surface area contributed by atoms with Crippen LogP contribution in [0.25, 0.3) is 0 Å². The van der Waals surface area contributed by atoms with Gasteiger partial charge in [0, 0.05) is 21.5 Å². The molecule has 1 heterocycles. The minimum Gasteiger partial charge on any atom is -0.392 e. The Kier molecular flexibility index (Phi) is 9.69. The molecule has 0 aromatic rings. The lowest BCUT2D eigenvalue weighted by molar-refractivity contribution is 0.162. The lowest BCUT2D eigenvalue weighted by atomic mass is 10.1. The summed E-state index contributed by atoms with van der Waals surface area (Å²) in [6.45, 7) is 6.87. The molecule has 0 saturated carbocycles. The van der Waals surface area contributed by atoms with Gasteiger partial charge in [-0.1, -0.05) is 65.7 Å². The summed E-state index contributed by atoms with van der Waals surface area (Å²) in [5.41, 5.74) is 0. The Morgan fingerprint density at radius 1 is 1.00 bits per heavy atom. The Bertz CT molecular complexity index is 223. The number of aliphatic hydroxyl groups excluding tert-OH is 1. The van der Waals surface area contributed by atoms with Gasteiger partial charge >= 0.3 is 0 Å². The number of rotatable bonds is 9. The third-order valence-electron chi connectivity index (χ3n) is 4.11. The summed E-state index contributed by atoms with van der Waals surface area (Å²) in [4.78, 5) is 0. The molecule has 1 fully saturated rings. The molecule has 4 atom stereocenters. The fraction of sp³-hybridized carbons (Fsp3) is 1.00. The molecule has 0 bridgehead atoms. The van der Waals surface area contributed by atoms with Gasteiger partial charge in [0.1, 0.15) is 0 Å². The summed E-state index contributed by atoms with van der Waals surface area (Å²) in [6.07, 6.45) is 10.3. The van der Waals surface area contributed by atoms with E-state index in [4.69, 9.17) is 0 Å². The Balaban J connectivity index is 2.03. The van der Waals surface area contributed by atoms with Crippen molar-refractivity contribution in [2.24, 2.45) is 0 Å². The molecule has 0 aromatic heterocycles. The van der Waals surface area contributed by atoms with E-state index in [2.05, 4.69) is 20.8 Å². The van der Waals surface area contributed by atoms with E-state index in [0.717, 1.165) is 17.4 Å². The highest BCUT2D eigenvalue weighted by Crippen LogP contribution is 2.37. The Hall–Kier alpha value is 0.660. The Morgan fingerprint density at radius 3 is 2.26 bits per heavy atom. The third-order valence-corrected chi connectivity index (χ3v) is 7.64. The summed E-state index contributed by atoms with van der Waals surface area (Å²) in [5, 5.41) is 12.2. The summed E-state index contributed by atoms with van der Waals surface area (Å²) in [6, 6.07) is 0. The standard InChI is InChI=1S/C16H32OS2/c1-4-5-6-7-8-9-10-11-15(17)16-12-18-13(2)14(3)19-16/h13-17H,4-12H2,1-3H3. The van der Waals surface area contributed by atoms with E-state index < -0.39 is 0 Å². The quantitative estimate of drug-likeness (QED) is 0.597. The molecule has 4 unspecified atom stereocenters. The number of unbranched alkanes of at least 4 members (excludes halogenated alkanes) is 6. The fourth-order valence-electron chi connectivity index (χ4n) is 2.51. The van der Waals surface area contributed by atoms with Gasteiger partial charge in [0.05, 0.1) is 6.10 Å². The maximum absolute atomic E-state index is 10.3. The second-order valence-electron chi connectivity index (χ2n) is 5.90. The highest BCUT2D eigenvalue weighted by molar-refractivity contribution is 8.07. The summed E-state index contributed by atoms with van der Waals surface area (Å²) in [7, 11) is 0. The van der Waals surface area contributed by atoms with Crippen LogP contribution in [-0.4, -0.2) is 32.7 Å². The van der Waals surface area contributed by atoms with Crippen molar-refractivity contribution < 1.29 is 5.11 Å². The molecule has 1 aliphatic rings. The van der Waals surface area contributed by atoms with Gasteiger partial charge in [-0.05, 0) is 6.42 Å². The zero-order valence-corrected chi connectivity index (χ0v) is 14.6. The van der Waals surface area contributed by atoms with Crippen molar-refractivity contribution in [2.45, 2.75) is 94.0 Å². The van der Waals surface area contributed by atoms with Crippen molar-refractivity contribution in [3.63, 3.8) is 0 Å². The van der Waals surface area contributed by atoms with Crippen LogP contribution in [0.5, 0.6) is 0 Å². The maximum Gasteiger partial charge on any atom is 0.0666 e. The van der Waals surface area contributed by atoms with Crippen LogP contribution >= 0.6 is 23.5 Å². The van der Waals surface area contributed by atoms with E-state index in [-0.39, 0.29) is 6.10 Å². The van der Waals surface area contributed by atoms with E-state index in [1.54, 1.807) is 0 Å². The van der Waals surface area contributed by atoms with Crippen LogP contribution in [0.4, 0.5) is 0 Å². The van der Waals surface area contributed by atoms with E-state index in [9.17, 15) is 5.11 Å². The van der Waals surface area contributed by atoms with E-state index in [0.29, 0.717) is 10.5 Å². The molecule has 114 valence electrons. The molecular weight excluding hydrogens is 272 g/mol. The molecule has 0 aromatic carbocycles. The highest BCUT2D eigenvalue weighted by atomic mass is 32.2. The molecule has 1 N–H and O–H groups in total. The van der Waals surface area contributed by atoms with Gasteiger partial charge in [-0.25, -0.2) is 0 Å². The minimum absolute atomic E-state index is 0.0805. The van der Waals surface area contributed by atoms with Crippen LogP contribution in [0.2, 0.25) is 0 Å². The first-order chi connectivity index (χ1) is 9.15. The Labute approximate surface area is 128 Å². The number of hydrogen-bond acceptors (Lipinski definition) is 3. The van der Waals surface area contributed by atoms with E-state index in [1.807, 2.05) is 23.5 Å². The van der Waals surface area contributed by atoms with Crippen molar-refractivity contribution in [2.75, 3.05) is 5.75 Å². The lowest BCUT2D eigenvalue weighted by Gasteiger charge is -2.33. The number of hydrogen-bond donors (Lipinski definition) is 1. The molecule has 19 heavy (non-hydrogen) atoms. The van der Waals surface area contributed by atoms with Gasteiger partial charge < -0.3 is 5.11 Å². The van der Waals surface area contributed by atoms with Gasteiger partial charge in [0.25, 0.3) is 0 Å². The molecule has 1 rings (SSSR count). The van der Waals surface area contributed by atoms with Crippen LogP contribution < -0.4 is 0 Å². The average molecular weight is 305 g/mol. The largest absolute Gasteiger partial charge is 0.392 e. The minimum atomic E-state index is -0.0805. The molecule has 1 nitrogen and oxygen atoms in total. The molecule has 1 aliphatic heterocycles. The summed E-state index contributed by atoms with van der Waals surface area (Å²) in [5.74, 6) is 1.13. The van der Waals surface area contributed by atoms with Gasteiger partial charge in [0.15, 0.2) is 0 Å². The van der Waals surface area contributed by atoms with Crippen LogP contribution in [-0.2, 0) is 0 Å².